The van der Waals surface area contributed by atoms with Crippen molar-refractivity contribution in [3.05, 3.63) is 28.2 Å². The minimum atomic E-state index is -0.138. The molecule has 7 heteroatoms. The highest BCUT2D eigenvalue weighted by Crippen LogP contribution is 2.26. The van der Waals surface area contributed by atoms with E-state index in [2.05, 4.69) is 41.2 Å². The van der Waals surface area contributed by atoms with Crippen molar-refractivity contribution in [1.29, 1.82) is 0 Å². The third-order valence-corrected chi connectivity index (χ3v) is 3.85. The van der Waals surface area contributed by atoms with Gasteiger partial charge < -0.3 is 5.32 Å². The van der Waals surface area contributed by atoms with E-state index in [0.29, 0.717) is 17.2 Å². The van der Waals surface area contributed by atoms with Gasteiger partial charge in [-0.15, -0.1) is 11.3 Å². The lowest BCUT2D eigenvalue weighted by Gasteiger charge is -2.13. The van der Waals surface area contributed by atoms with Crippen molar-refractivity contribution in [2.45, 2.75) is 32.7 Å². The van der Waals surface area contributed by atoms with E-state index >= 15 is 0 Å². The fourth-order valence-corrected chi connectivity index (χ4v) is 2.33. The van der Waals surface area contributed by atoms with Crippen molar-refractivity contribution in [2.75, 3.05) is 0 Å². The van der Waals surface area contributed by atoms with Crippen LogP contribution in [0.25, 0.3) is 0 Å². The summed E-state index contributed by atoms with van der Waals surface area (Å²) >= 11 is 1.42. The Kier molecular flexibility index (Phi) is 3.66. The Hall–Kier alpha value is -1.76. The van der Waals surface area contributed by atoms with Gasteiger partial charge in [0.15, 0.2) is 5.82 Å². The van der Waals surface area contributed by atoms with Crippen molar-refractivity contribution in [2.24, 2.45) is 7.05 Å². The standard InChI is InChI=1S/C12H17N5OS/c1-12(2,3)11-14-5-8(19-11)10(18)13-6-9-15-7-17(4)16-9/h5,7H,6H2,1-4H3,(H,13,18). The summed E-state index contributed by atoms with van der Waals surface area (Å²) in [6.45, 7) is 6.55. The highest BCUT2D eigenvalue weighted by atomic mass is 32.1. The number of nitrogens with one attached hydrogen (secondary N) is 1. The zero-order chi connectivity index (χ0) is 14.0. The number of hydrogen-bond acceptors (Lipinski definition) is 5. The molecule has 6 nitrogen and oxygen atoms in total. The van der Waals surface area contributed by atoms with Gasteiger partial charge in [-0.2, -0.15) is 5.10 Å². The molecule has 19 heavy (non-hydrogen) atoms. The van der Waals surface area contributed by atoms with Crippen LogP contribution in [0.2, 0.25) is 0 Å². The number of amides is 1. The maximum absolute atomic E-state index is 12.0. The summed E-state index contributed by atoms with van der Waals surface area (Å²) in [7, 11) is 1.79. The monoisotopic (exact) mass is 279 g/mol. The van der Waals surface area contributed by atoms with Gasteiger partial charge in [0.05, 0.1) is 17.7 Å². The molecule has 0 saturated heterocycles. The predicted molar refractivity (Wildman–Crippen MR) is 73.0 cm³/mol. The van der Waals surface area contributed by atoms with Crippen LogP contribution in [-0.2, 0) is 19.0 Å². The van der Waals surface area contributed by atoms with Crippen LogP contribution >= 0.6 is 11.3 Å². The molecular formula is C12H17N5OS. The van der Waals surface area contributed by atoms with Gasteiger partial charge in [-0.05, 0) is 0 Å². The largest absolute Gasteiger partial charge is 0.344 e. The molecule has 0 aromatic carbocycles. The SMILES string of the molecule is Cn1cnc(CNC(=O)c2cnc(C(C)(C)C)s2)n1. The number of rotatable bonds is 3. The highest BCUT2D eigenvalue weighted by Gasteiger charge is 2.20. The number of aryl methyl sites for hydroxylation is 1. The van der Waals surface area contributed by atoms with Gasteiger partial charge in [0.25, 0.3) is 5.91 Å². The van der Waals surface area contributed by atoms with E-state index in [1.165, 1.54) is 11.3 Å². The smallest absolute Gasteiger partial charge is 0.263 e. The van der Waals surface area contributed by atoms with Crippen molar-refractivity contribution >= 4 is 17.2 Å². The quantitative estimate of drug-likeness (QED) is 0.924. The van der Waals surface area contributed by atoms with Gasteiger partial charge in [-0.3, -0.25) is 9.48 Å². The van der Waals surface area contributed by atoms with Crippen LogP contribution in [0.1, 0.15) is 41.3 Å². The first kappa shape index (κ1) is 13.7. The average molecular weight is 279 g/mol. The molecule has 2 rings (SSSR count). The lowest BCUT2D eigenvalue weighted by Crippen LogP contribution is -2.22. The fourth-order valence-electron chi connectivity index (χ4n) is 1.44. The second-order valence-corrected chi connectivity index (χ2v) is 6.33. The summed E-state index contributed by atoms with van der Waals surface area (Å²) in [5.41, 5.74) is -0.0360. The van der Waals surface area contributed by atoms with E-state index in [-0.39, 0.29) is 11.3 Å². The van der Waals surface area contributed by atoms with E-state index in [1.807, 2.05) is 0 Å². The topological polar surface area (TPSA) is 72.7 Å². The predicted octanol–water partition coefficient (Wildman–Crippen LogP) is 1.50. The molecule has 102 valence electrons. The van der Waals surface area contributed by atoms with E-state index in [9.17, 15) is 4.79 Å². The third-order valence-electron chi connectivity index (χ3n) is 2.43. The molecule has 1 amide bonds. The Balaban J connectivity index is 1.98. The third kappa shape index (κ3) is 3.37. The highest BCUT2D eigenvalue weighted by molar-refractivity contribution is 7.13. The summed E-state index contributed by atoms with van der Waals surface area (Å²) in [6.07, 6.45) is 3.22. The van der Waals surface area contributed by atoms with Gasteiger partial charge in [-0.25, -0.2) is 9.97 Å². The molecule has 2 heterocycles. The van der Waals surface area contributed by atoms with Crippen LogP contribution in [0.5, 0.6) is 0 Å². The number of thiazole rings is 1. The van der Waals surface area contributed by atoms with Gasteiger partial charge in [-0.1, -0.05) is 20.8 Å². The van der Waals surface area contributed by atoms with Crippen LogP contribution in [0.15, 0.2) is 12.5 Å². The molecule has 0 fully saturated rings. The van der Waals surface area contributed by atoms with E-state index < -0.39 is 0 Å². The number of aromatic nitrogens is 4. The summed E-state index contributed by atoms with van der Waals surface area (Å²) in [5, 5.41) is 7.84. The molecule has 0 saturated carbocycles. The lowest BCUT2D eigenvalue weighted by molar-refractivity contribution is 0.0953. The zero-order valence-corrected chi connectivity index (χ0v) is 12.3. The molecular weight excluding hydrogens is 262 g/mol. The molecule has 0 unspecified atom stereocenters. The first-order chi connectivity index (χ1) is 8.86. The maximum Gasteiger partial charge on any atom is 0.263 e. The second-order valence-electron chi connectivity index (χ2n) is 5.30. The van der Waals surface area contributed by atoms with Crippen molar-refractivity contribution < 1.29 is 4.79 Å². The average Bonchev–Trinajstić information content (AvgIpc) is 2.93. The minimum absolute atomic E-state index is 0.0360. The Labute approximate surface area is 115 Å². The molecule has 0 atom stereocenters. The normalized spacial score (nSPS) is 11.6. The number of carbonyl (C=O) groups excluding carboxylic acids is 1. The first-order valence-electron chi connectivity index (χ1n) is 5.95. The number of hydrogen-bond donors (Lipinski definition) is 1. The molecule has 0 aliphatic rings. The molecule has 2 aromatic rings. The second kappa shape index (κ2) is 5.08. The molecule has 0 spiro atoms. The zero-order valence-electron chi connectivity index (χ0n) is 11.5. The Morgan fingerprint density at radius 1 is 1.42 bits per heavy atom. The van der Waals surface area contributed by atoms with Crippen LogP contribution in [-0.4, -0.2) is 25.7 Å². The molecule has 0 radical (unpaired) electrons. The minimum Gasteiger partial charge on any atom is -0.344 e. The first-order valence-corrected chi connectivity index (χ1v) is 6.77. The summed E-state index contributed by atoms with van der Waals surface area (Å²) < 4.78 is 1.60. The molecule has 2 aromatic heterocycles. The molecule has 0 aliphatic heterocycles. The Morgan fingerprint density at radius 3 is 2.68 bits per heavy atom. The summed E-state index contributed by atoms with van der Waals surface area (Å²) in [6, 6.07) is 0. The van der Waals surface area contributed by atoms with Gasteiger partial charge in [0.2, 0.25) is 0 Å². The van der Waals surface area contributed by atoms with E-state index in [1.54, 1.807) is 24.3 Å². The maximum atomic E-state index is 12.0. The Bertz CT molecular complexity index is 581. The van der Waals surface area contributed by atoms with Crippen LogP contribution in [0.3, 0.4) is 0 Å². The summed E-state index contributed by atoms with van der Waals surface area (Å²) in [5.74, 6) is 0.455. The van der Waals surface area contributed by atoms with Crippen LogP contribution in [0.4, 0.5) is 0 Å². The van der Waals surface area contributed by atoms with Crippen LogP contribution in [0, 0.1) is 0 Å². The van der Waals surface area contributed by atoms with E-state index in [4.69, 9.17) is 0 Å². The molecule has 0 aliphatic carbocycles. The van der Waals surface area contributed by atoms with Crippen molar-refractivity contribution in [3.8, 4) is 0 Å². The number of nitrogens with zero attached hydrogens (tertiary/aromatic N) is 4. The number of carbonyl (C=O) groups is 1. The molecule has 1 N–H and O–H groups in total. The lowest BCUT2D eigenvalue weighted by atomic mass is 9.98. The van der Waals surface area contributed by atoms with Crippen molar-refractivity contribution in [3.63, 3.8) is 0 Å². The fraction of sp³-hybridized carbons (Fsp3) is 0.500. The van der Waals surface area contributed by atoms with Gasteiger partial charge in [0.1, 0.15) is 11.2 Å². The van der Waals surface area contributed by atoms with Crippen molar-refractivity contribution in [1.82, 2.24) is 25.1 Å². The summed E-state index contributed by atoms with van der Waals surface area (Å²) in [4.78, 5) is 20.9. The Morgan fingerprint density at radius 2 is 2.16 bits per heavy atom. The van der Waals surface area contributed by atoms with E-state index in [0.717, 1.165) is 5.01 Å². The van der Waals surface area contributed by atoms with Crippen LogP contribution < -0.4 is 5.32 Å². The van der Waals surface area contributed by atoms with Gasteiger partial charge in [0, 0.05) is 12.5 Å². The molecule has 0 bridgehead atoms. The van der Waals surface area contributed by atoms with Gasteiger partial charge >= 0.3 is 0 Å².